The van der Waals surface area contributed by atoms with Crippen LogP contribution in [0.1, 0.15) is 106 Å². The first kappa shape index (κ1) is 68.9. The molecule has 23 heteroatoms. The van der Waals surface area contributed by atoms with Crippen LogP contribution in [0.25, 0.3) is 11.2 Å². The molecule has 0 saturated carbocycles. The number of hydrogen-bond acceptors (Lipinski definition) is 16. The molecule has 2 N–H and O–H groups in total. The minimum atomic E-state index is -2.75. The molecule has 2 amide bonds. The van der Waals surface area contributed by atoms with Crippen molar-refractivity contribution in [3.05, 3.63) is 108 Å². The fraction of sp³-hybridized carbons (Fsp3) is 0.581. The lowest BCUT2D eigenvalue weighted by atomic mass is 9.80. The van der Waals surface area contributed by atoms with E-state index in [4.69, 9.17) is 51.6 Å². The summed E-state index contributed by atoms with van der Waals surface area (Å²) in [6, 6.07) is 26.8. The van der Waals surface area contributed by atoms with E-state index in [1.165, 1.54) is 6.33 Å². The molecule has 85 heavy (non-hydrogen) atoms. The number of esters is 1. The lowest BCUT2D eigenvalue weighted by Gasteiger charge is -2.42. The molecule has 3 heterocycles. The highest BCUT2D eigenvalue weighted by Crippen LogP contribution is 2.53. The first-order valence-corrected chi connectivity index (χ1v) is 40.1. The number of nitrogens with zero attached hydrogens (tertiary/aromatic N) is 6. The van der Waals surface area contributed by atoms with E-state index in [0.717, 1.165) is 22.7 Å². The molecule has 1 fully saturated rings. The van der Waals surface area contributed by atoms with Gasteiger partial charge in [0.1, 0.15) is 41.7 Å². The zero-order valence-corrected chi connectivity index (χ0v) is 57.8. The van der Waals surface area contributed by atoms with Gasteiger partial charge in [-0.1, -0.05) is 116 Å². The lowest BCUT2D eigenvalue weighted by Crippen LogP contribution is -2.55. The Bertz CT molecular complexity index is 2950. The standard InChI is InChI=1S/C62H95N8O11PSi3/c1-42(2)70(43(3)4)82(77-36-24-35-63)79-53-50(39-76-62(45-25-22-21-23-26-45,46-27-31-48(73-12)32-28-46)47-29-33-49(74-13)34-30-47)78-57(54(53)81-85(19,20)61(9,10)11)69-41-66-52-55(64-40-65-56(52)69)68-59(72)67-51(58(71)75-37-38-83(14,15)16)44(5)80-84(17,18)60(6,7)8/h21-23,25-34,40-44,50-51,53-54,57H,24,36-39H2,1-20H3,(H2,64,65,67,68,72)/t44?,50-,51+,53-,54-,57?,82?/m1/s1. The number of fused-ring (bicyclic) bond motifs is 1. The predicted molar refractivity (Wildman–Crippen MR) is 342 cm³/mol. The monoisotopic (exact) mass is 1240 g/mol. The van der Waals surface area contributed by atoms with Crippen LogP contribution in [-0.4, -0.2) is 137 Å². The van der Waals surface area contributed by atoms with Gasteiger partial charge in [-0.3, -0.25) is 9.88 Å². The van der Waals surface area contributed by atoms with E-state index in [-0.39, 0.29) is 59.7 Å². The van der Waals surface area contributed by atoms with Gasteiger partial charge in [0.25, 0.3) is 8.53 Å². The molecule has 19 nitrogen and oxygen atoms in total. The Labute approximate surface area is 509 Å². The molecule has 3 aromatic carbocycles. The van der Waals surface area contributed by atoms with Gasteiger partial charge >= 0.3 is 12.0 Å². The van der Waals surface area contributed by atoms with Crippen molar-refractivity contribution >= 4 is 62.2 Å². The van der Waals surface area contributed by atoms with Crippen LogP contribution in [0.4, 0.5) is 10.6 Å². The highest BCUT2D eigenvalue weighted by Gasteiger charge is 2.55. The number of hydrogen-bond donors (Lipinski definition) is 2. The quantitative estimate of drug-likeness (QED) is 0.0157. The number of methoxy groups -OCH3 is 2. The summed E-state index contributed by atoms with van der Waals surface area (Å²) < 4.78 is 64.7. The highest BCUT2D eigenvalue weighted by molar-refractivity contribution is 7.44. The summed E-state index contributed by atoms with van der Waals surface area (Å²) in [6.45, 7) is 38.6. The number of rotatable bonds is 28. The number of anilines is 1. The summed E-state index contributed by atoms with van der Waals surface area (Å²) in [7, 11) is -5.35. The molecule has 1 aliphatic rings. The fourth-order valence-corrected chi connectivity index (χ4v) is 14.7. The smallest absolute Gasteiger partial charge is 0.331 e. The number of imidazole rings is 1. The number of ether oxygens (including phenoxy) is 5. The molecule has 0 spiro atoms. The summed E-state index contributed by atoms with van der Waals surface area (Å²) in [4.78, 5) is 42.5. The summed E-state index contributed by atoms with van der Waals surface area (Å²) in [5.41, 5.74) is 1.82. The fourth-order valence-electron chi connectivity index (χ4n) is 9.56. The molecule has 2 aromatic heterocycles. The van der Waals surface area contributed by atoms with Crippen LogP contribution in [0.3, 0.4) is 0 Å². The van der Waals surface area contributed by atoms with Crippen molar-refractivity contribution in [1.29, 1.82) is 5.26 Å². The van der Waals surface area contributed by atoms with Crippen LogP contribution in [0.15, 0.2) is 91.5 Å². The van der Waals surface area contributed by atoms with Crippen molar-refractivity contribution in [2.45, 2.75) is 199 Å². The number of nitrogens with one attached hydrogen (secondary N) is 2. The Morgan fingerprint density at radius 2 is 1.33 bits per heavy atom. The largest absolute Gasteiger partial charge is 0.497 e. The third-order valence-corrected chi connectivity index (χ3v) is 29.2. The van der Waals surface area contributed by atoms with Gasteiger partial charge in [-0.05, 0) is 118 Å². The van der Waals surface area contributed by atoms with Crippen molar-refractivity contribution in [3.8, 4) is 17.6 Å². The third kappa shape index (κ3) is 16.9. The van der Waals surface area contributed by atoms with Gasteiger partial charge in [0.05, 0.1) is 59.0 Å². The van der Waals surface area contributed by atoms with Crippen molar-refractivity contribution < 1.29 is 51.2 Å². The topological polar surface area (TPSA) is 212 Å². The number of nitriles is 1. The zero-order chi connectivity index (χ0) is 62.9. The van der Waals surface area contributed by atoms with Gasteiger partial charge in [0, 0.05) is 20.2 Å². The molecule has 0 radical (unpaired) electrons. The van der Waals surface area contributed by atoms with Crippen LogP contribution in [0.2, 0.25) is 61.9 Å². The van der Waals surface area contributed by atoms with Gasteiger partial charge in [0.2, 0.25) is 0 Å². The number of benzene rings is 3. The minimum Gasteiger partial charge on any atom is -0.497 e. The van der Waals surface area contributed by atoms with E-state index in [1.807, 2.05) is 78.9 Å². The van der Waals surface area contributed by atoms with E-state index in [0.29, 0.717) is 17.1 Å². The van der Waals surface area contributed by atoms with E-state index in [1.54, 1.807) is 32.0 Å². The Morgan fingerprint density at radius 1 is 0.765 bits per heavy atom. The first-order chi connectivity index (χ1) is 39.8. The molecular formula is C62H95N8O11PSi3. The minimum absolute atomic E-state index is 0.0297. The summed E-state index contributed by atoms with van der Waals surface area (Å²) in [5.74, 6) is 0.860. The van der Waals surface area contributed by atoms with Crippen LogP contribution in [0, 0.1) is 11.3 Å². The van der Waals surface area contributed by atoms with E-state index in [2.05, 4.69) is 141 Å². The van der Waals surface area contributed by atoms with Crippen LogP contribution >= 0.6 is 8.53 Å². The number of carbonyl (C=O) groups excluding carboxylic acids is 2. The Balaban J connectivity index is 1.50. The molecule has 3 unspecified atom stereocenters. The van der Waals surface area contributed by atoms with Crippen LogP contribution in [0.5, 0.6) is 11.5 Å². The summed E-state index contributed by atoms with van der Waals surface area (Å²) >= 11 is 0. The lowest BCUT2D eigenvalue weighted by molar-refractivity contribution is -0.147. The maximum atomic E-state index is 14.3. The number of carbonyl (C=O) groups is 2. The van der Waals surface area contributed by atoms with Gasteiger partial charge in [-0.25, -0.2) is 29.2 Å². The second-order valence-electron chi connectivity index (χ2n) is 26.5. The number of amides is 2. The van der Waals surface area contributed by atoms with Gasteiger partial charge in [-0.15, -0.1) is 0 Å². The Hall–Kier alpha value is -5.16. The van der Waals surface area contributed by atoms with Gasteiger partial charge in [0.15, 0.2) is 45.9 Å². The average molecular weight is 1240 g/mol. The SMILES string of the molecule is COc1ccc(C(OC[C@H]2OC(n3cnc4c(NC(=O)N[C@H](C(=O)OCC[Si](C)(C)C)C(C)O[Si](C)(C)C(C)(C)C)ncnc43)[C@H](O[Si](C)(C)C(C)(C)C)[C@@H]2OP(OCCC#N)N(C(C)C)C(C)C)(c2ccccc2)c2ccc(OC)cc2)cc1. The summed E-state index contributed by atoms with van der Waals surface area (Å²) in [5, 5.41) is 15.1. The molecule has 7 atom stereocenters. The van der Waals surface area contributed by atoms with Crippen LogP contribution < -0.4 is 20.1 Å². The van der Waals surface area contributed by atoms with Crippen LogP contribution in [-0.2, 0) is 42.5 Å². The van der Waals surface area contributed by atoms with E-state index >= 15 is 0 Å². The highest BCUT2D eigenvalue weighted by atomic mass is 31.2. The maximum Gasteiger partial charge on any atom is 0.331 e. The number of aromatic nitrogens is 4. The van der Waals surface area contributed by atoms with Gasteiger partial charge < -0.3 is 46.9 Å². The molecule has 6 rings (SSSR count). The second kappa shape index (κ2) is 28.8. The van der Waals surface area contributed by atoms with Crippen molar-refractivity contribution in [2.75, 3.05) is 39.4 Å². The molecule has 1 aliphatic heterocycles. The third-order valence-electron chi connectivity index (χ3n) is 16.3. The molecule has 5 aromatic rings. The van der Waals surface area contributed by atoms with E-state index in [9.17, 15) is 14.9 Å². The molecule has 0 bridgehead atoms. The predicted octanol–water partition coefficient (Wildman–Crippen LogP) is 13.6. The Morgan fingerprint density at radius 3 is 1.85 bits per heavy atom. The number of urea groups is 1. The normalized spacial score (nSPS) is 18.3. The maximum absolute atomic E-state index is 14.3. The van der Waals surface area contributed by atoms with Crippen molar-refractivity contribution in [1.82, 2.24) is 29.5 Å². The van der Waals surface area contributed by atoms with Crippen molar-refractivity contribution in [3.63, 3.8) is 0 Å². The molecular weight excluding hydrogens is 1150 g/mol. The van der Waals surface area contributed by atoms with Crippen molar-refractivity contribution in [2.24, 2.45) is 0 Å². The van der Waals surface area contributed by atoms with Gasteiger partial charge in [-0.2, -0.15) is 5.26 Å². The first-order valence-electron chi connectivity index (χ1n) is 29.5. The second-order valence-corrected chi connectivity index (χ2v) is 43.1. The molecule has 0 aliphatic carbocycles. The zero-order valence-electron chi connectivity index (χ0n) is 53.9. The molecule has 1 saturated heterocycles. The van der Waals surface area contributed by atoms with E-state index < -0.39 is 87.5 Å². The average Bonchev–Trinajstić information content (AvgIpc) is 1.89. The molecule has 466 valence electrons. The Kier molecular flexibility index (Phi) is 23.3. The summed E-state index contributed by atoms with van der Waals surface area (Å²) in [6.07, 6.45) is -1.19.